The first-order valence-electron chi connectivity index (χ1n) is 9.58. The van der Waals surface area contributed by atoms with Gasteiger partial charge in [0.2, 0.25) is 5.95 Å². The molecule has 1 N–H and O–H groups in total. The maximum atomic E-state index is 5.80. The molecule has 1 aliphatic rings. The summed E-state index contributed by atoms with van der Waals surface area (Å²) in [5.41, 5.74) is 1.94. The van der Waals surface area contributed by atoms with E-state index in [0.29, 0.717) is 17.6 Å². The molecule has 3 aromatic rings. The Hall–Kier alpha value is -3.26. The van der Waals surface area contributed by atoms with Gasteiger partial charge in [-0.2, -0.15) is 10.1 Å². The molecule has 29 heavy (non-hydrogen) atoms. The zero-order chi connectivity index (χ0) is 20.2. The number of nitrogens with one attached hydrogen (secondary N) is 1. The van der Waals surface area contributed by atoms with Crippen molar-refractivity contribution in [1.82, 2.24) is 20.2 Å². The lowest BCUT2D eigenvalue weighted by molar-refractivity contribution is -0.00571. The van der Waals surface area contributed by atoms with Crippen molar-refractivity contribution in [1.29, 1.82) is 0 Å². The summed E-state index contributed by atoms with van der Waals surface area (Å²) in [6.45, 7) is 5.65. The summed E-state index contributed by atoms with van der Waals surface area (Å²) in [7, 11) is 1.65. The van der Waals surface area contributed by atoms with E-state index in [9.17, 15) is 0 Å². The van der Waals surface area contributed by atoms with Gasteiger partial charge in [0.1, 0.15) is 11.6 Å². The fourth-order valence-corrected chi connectivity index (χ4v) is 3.43. The predicted octanol–water partition coefficient (Wildman–Crippen LogP) is 3.30. The Kier molecular flexibility index (Phi) is 5.53. The number of anilines is 3. The normalized spacial score (nSPS) is 19.1. The molecule has 1 aromatic carbocycles. The number of ether oxygens (including phenoxy) is 2. The number of morpholine rings is 1. The van der Waals surface area contributed by atoms with Crippen LogP contribution in [0.15, 0.2) is 48.8 Å². The number of aromatic nitrogens is 4. The van der Waals surface area contributed by atoms with Crippen LogP contribution in [0, 0.1) is 0 Å². The van der Waals surface area contributed by atoms with Crippen LogP contribution >= 0.6 is 0 Å². The number of nitrogens with zero attached hydrogens (tertiary/aromatic N) is 5. The minimum Gasteiger partial charge on any atom is -0.497 e. The van der Waals surface area contributed by atoms with Gasteiger partial charge in [-0.1, -0.05) is 12.1 Å². The molecule has 1 saturated heterocycles. The zero-order valence-corrected chi connectivity index (χ0v) is 16.7. The topological polar surface area (TPSA) is 85.3 Å². The Morgan fingerprint density at radius 3 is 2.69 bits per heavy atom. The standard InChI is InChI=1S/C21H24N6O2/c1-14-12-27(13-15(2)29-14)21-22-8-7-19(25-21)24-20-10-17(11-23-26-20)16-5-4-6-18(9-16)28-3/h4-11,14-15H,12-13H2,1-3H3,(H,22,24,25,26)/t14-,15+. The Morgan fingerprint density at radius 2 is 1.90 bits per heavy atom. The van der Waals surface area contributed by atoms with Crippen LogP contribution in [-0.2, 0) is 4.74 Å². The van der Waals surface area contributed by atoms with Gasteiger partial charge in [0.25, 0.3) is 0 Å². The quantitative estimate of drug-likeness (QED) is 0.708. The van der Waals surface area contributed by atoms with Crippen LogP contribution in [0.3, 0.4) is 0 Å². The van der Waals surface area contributed by atoms with Gasteiger partial charge in [-0.05, 0) is 43.7 Å². The van der Waals surface area contributed by atoms with E-state index in [1.165, 1.54) is 0 Å². The largest absolute Gasteiger partial charge is 0.497 e. The number of hydrogen-bond donors (Lipinski definition) is 1. The second-order valence-electron chi connectivity index (χ2n) is 7.09. The van der Waals surface area contributed by atoms with Crippen molar-refractivity contribution in [3.63, 3.8) is 0 Å². The van der Waals surface area contributed by atoms with Crippen LogP contribution in [0.5, 0.6) is 5.75 Å². The van der Waals surface area contributed by atoms with Crippen LogP contribution in [0.25, 0.3) is 11.1 Å². The summed E-state index contributed by atoms with van der Waals surface area (Å²) >= 11 is 0. The maximum Gasteiger partial charge on any atom is 0.227 e. The molecule has 0 amide bonds. The molecule has 3 heterocycles. The Bertz CT molecular complexity index is 973. The number of hydrogen-bond acceptors (Lipinski definition) is 8. The van der Waals surface area contributed by atoms with Crippen LogP contribution in [-0.4, -0.2) is 52.6 Å². The average molecular weight is 392 g/mol. The first-order chi connectivity index (χ1) is 14.1. The minimum absolute atomic E-state index is 0.143. The third-order valence-corrected chi connectivity index (χ3v) is 4.66. The molecule has 0 bridgehead atoms. The Labute approximate surface area is 169 Å². The summed E-state index contributed by atoms with van der Waals surface area (Å²) in [6.07, 6.45) is 3.75. The molecule has 0 aliphatic carbocycles. The van der Waals surface area contributed by atoms with Crippen molar-refractivity contribution in [2.45, 2.75) is 26.1 Å². The number of methoxy groups -OCH3 is 1. The van der Waals surface area contributed by atoms with Crippen molar-refractivity contribution in [2.75, 3.05) is 30.4 Å². The van der Waals surface area contributed by atoms with Crippen LogP contribution in [0.2, 0.25) is 0 Å². The third kappa shape index (κ3) is 4.60. The van der Waals surface area contributed by atoms with Crippen molar-refractivity contribution in [3.8, 4) is 16.9 Å². The fourth-order valence-electron chi connectivity index (χ4n) is 3.43. The summed E-state index contributed by atoms with van der Waals surface area (Å²) < 4.78 is 11.1. The van der Waals surface area contributed by atoms with E-state index in [1.54, 1.807) is 19.5 Å². The molecule has 1 fully saturated rings. The molecule has 8 nitrogen and oxygen atoms in total. The van der Waals surface area contributed by atoms with Gasteiger partial charge in [-0.3, -0.25) is 0 Å². The van der Waals surface area contributed by atoms with Crippen LogP contribution in [0.1, 0.15) is 13.8 Å². The van der Waals surface area contributed by atoms with Crippen molar-refractivity contribution in [3.05, 3.63) is 48.8 Å². The lowest BCUT2D eigenvalue weighted by Gasteiger charge is -2.35. The van der Waals surface area contributed by atoms with Gasteiger partial charge >= 0.3 is 0 Å². The molecule has 0 spiro atoms. The van der Waals surface area contributed by atoms with E-state index in [2.05, 4.69) is 44.2 Å². The molecule has 4 rings (SSSR count). The molecular weight excluding hydrogens is 368 g/mol. The highest BCUT2D eigenvalue weighted by molar-refractivity contribution is 5.68. The maximum absolute atomic E-state index is 5.80. The van der Waals surface area contributed by atoms with Crippen molar-refractivity contribution < 1.29 is 9.47 Å². The van der Waals surface area contributed by atoms with E-state index in [1.807, 2.05) is 36.4 Å². The molecule has 8 heteroatoms. The molecule has 0 unspecified atom stereocenters. The smallest absolute Gasteiger partial charge is 0.227 e. The minimum atomic E-state index is 0.143. The first kappa shape index (κ1) is 19.1. The third-order valence-electron chi connectivity index (χ3n) is 4.66. The van der Waals surface area contributed by atoms with Crippen molar-refractivity contribution in [2.24, 2.45) is 0 Å². The van der Waals surface area contributed by atoms with Gasteiger partial charge in [0.05, 0.1) is 25.5 Å². The number of rotatable bonds is 5. The highest BCUT2D eigenvalue weighted by Gasteiger charge is 2.24. The summed E-state index contributed by atoms with van der Waals surface area (Å²) in [4.78, 5) is 11.2. The molecule has 0 saturated carbocycles. The summed E-state index contributed by atoms with van der Waals surface area (Å²) in [5, 5.41) is 11.5. The molecule has 0 radical (unpaired) electrons. The van der Waals surface area contributed by atoms with Gasteiger partial charge in [0.15, 0.2) is 5.82 Å². The second kappa shape index (κ2) is 8.40. The van der Waals surface area contributed by atoms with Crippen molar-refractivity contribution >= 4 is 17.6 Å². The zero-order valence-electron chi connectivity index (χ0n) is 16.7. The Balaban J connectivity index is 1.54. The first-order valence-corrected chi connectivity index (χ1v) is 9.58. The summed E-state index contributed by atoms with van der Waals surface area (Å²) in [6, 6.07) is 11.6. The number of benzene rings is 1. The average Bonchev–Trinajstić information content (AvgIpc) is 2.73. The van der Waals surface area contributed by atoms with E-state index >= 15 is 0 Å². The SMILES string of the molecule is COc1cccc(-c2cnnc(Nc3ccnc(N4C[C@@H](C)O[C@@H](C)C4)n3)c2)c1. The Morgan fingerprint density at radius 1 is 1.07 bits per heavy atom. The fraction of sp³-hybridized carbons (Fsp3) is 0.333. The van der Waals surface area contributed by atoms with E-state index < -0.39 is 0 Å². The highest BCUT2D eigenvalue weighted by atomic mass is 16.5. The predicted molar refractivity (Wildman–Crippen MR) is 112 cm³/mol. The van der Waals surface area contributed by atoms with E-state index in [4.69, 9.17) is 9.47 Å². The van der Waals surface area contributed by atoms with E-state index in [-0.39, 0.29) is 12.2 Å². The van der Waals surface area contributed by atoms with Gasteiger partial charge < -0.3 is 19.7 Å². The van der Waals surface area contributed by atoms with E-state index in [0.717, 1.165) is 30.0 Å². The lowest BCUT2D eigenvalue weighted by Crippen LogP contribution is -2.46. The van der Waals surface area contributed by atoms with Gasteiger partial charge in [-0.15, -0.1) is 5.10 Å². The molecule has 2 atom stereocenters. The monoisotopic (exact) mass is 392 g/mol. The molecular formula is C21H24N6O2. The lowest BCUT2D eigenvalue weighted by atomic mass is 10.1. The highest BCUT2D eigenvalue weighted by Crippen LogP contribution is 2.25. The van der Waals surface area contributed by atoms with Gasteiger partial charge in [-0.25, -0.2) is 4.98 Å². The molecule has 150 valence electrons. The van der Waals surface area contributed by atoms with Crippen LogP contribution < -0.4 is 15.0 Å². The van der Waals surface area contributed by atoms with Gasteiger partial charge in [0, 0.05) is 24.8 Å². The molecule has 2 aromatic heterocycles. The molecule has 1 aliphatic heterocycles. The van der Waals surface area contributed by atoms with Crippen LogP contribution in [0.4, 0.5) is 17.6 Å². The second-order valence-corrected chi connectivity index (χ2v) is 7.09. The summed E-state index contributed by atoms with van der Waals surface area (Å²) in [5.74, 6) is 2.75.